The molecule has 5 heteroatoms. The molecule has 4 rings (SSSR count). The van der Waals surface area contributed by atoms with Crippen molar-refractivity contribution in [1.82, 2.24) is 10.6 Å². The van der Waals surface area contributed by atoms with Crippen LogP contribution < -0.4 is 15.4 Å². The van der Waals surface area contributed by atoms with Crippen LogP contribution in [0.2, 0.25) is 5.02 Å². The molecule has 0 spiro atoms. The van der Waals surface area contributed by atoms with E-state index in [1.54, 1.807) is 7.11 Å². The number of carbonyl (C=O) groups is 1. The van der Waals surface area contributed by atoms with Crippen LogP contribution in [0.4, 0.5) is 0 Å². The fourth-order valence-electron chi connectivity index (χ4n) is 5.10. The van der Waals surface area contributed by atoms with E-state index >= 15 is 0 Å². The van der Waals surface area contributed by atoms with E-state index in [0.717, 1.165) is 48.0 Å². The van der Waals surface area contributed by atoms with Crippen molar-refractivity contribution in [1.29, 1.82) is 0 Å². The topological polar surface area (TPSA) is 50.4 Å². The average Bonchev–Trinajstić information content (AvgIpc) is 2.83. The van der Waals surface area contributed by atoms with E-state index in [1.165, 1.54) is 5.56 Å². The second-order valence-corrected chi connectivity index (χ2v) is 9.24. The predicted octanol–water partition coefficient (Wildman–Crippen LogP) is 5.64. The van der Waals surface area contributed by atoms with Crippen LogP contribution in [-0.4, -0.2) is 26.1 Å². The van der Waals surface area contributed by atoms with Gasteiger partial charge in [-0.3, -0.25) is 4.79 Å². The fraction of sp³-hybridized carbons (Fsp3) is 0.370. The molecule has 1 heterocycles. The van der Waals surface area contributed by atoms with Crippen LogP contribution in [0.1, 0.15) is 43.9 Å². The van der Waals surface area contributed by atoms with E-state index in [-0.39, 0.29) is 23.3 Å². The summed E-state index contributed by atoms with van der Waals surface area (Å²) in [5.41, 5.74) is 1.97. The molecule has 2 N–H and O–H groups in total. The second kappa shape index (κ2) is 9.51. The summed E-state index contributed by atoms with van der Waals surface area (Å²) in [6, 6.07) is 20.1. The van der Waals surface area contributed by atoms with E-state index in [0.29, 0.717) is 5.02 Å². The number of halogens is 1. The molecule has 0 radical (unpaired) electrons. The molecule has 1 aliphatic rings. The number of hydrogen-bond donors (Lipinski definition) is 2. The van der Waals surface area contributed by atoms with Gasteiger partial charge in [-0.2, -0.15) is 0 Å². The number of ether oxygens (including phenoxy) is 1. The molecule has 0 bridgehead atoms. The van der Waals surface area contributed by atoms with E-state index in [2.05, 4.69) is 41.8 Å². The van der Waals surface area contributed by atoms with Crippen molar-refractivity contribution in [3.8, 4) is 5.75 Å². The van der Waals surface area contributed by atoms with Gasteiger partial charge in [-0.1, -0.05) is 54.9 Å². The number of piperidine rings is 1. The van der Waals surface area contributed by atoms with E-state index in [1.807, 2.05) is 43.3 Å². The zero-order valence-corrected chi connectivity index (χ0v) is 19.7. The molecule has 0 aromatic heterocycles. The van der Waals surface area contributed by atoms with Crippen molar-refractivity contribution < 1.29 is 9.53 Å². The zero-order valence-electron chi connectivity index (χ0n) is 19.0. The summed E-state index contributed by atoms with van der Waals surface area (Å²) in [6.45, 7) is 5.87. The number of methoxy groups -OCH3 is 1. The Labute approximate surface area is 195 Å². The highest BCUT2D eigenvalue weighted by Crippen LogP contribution is 2.42. The standard InChI is InChI=1S/C27H31ClN2O2/c1-18(27(11-13-29-14-12-27)21-8-6-9-23(16-21)32-3)26(31)30-19(2)25-17-22(28)15-20-7-4-5-10-24(20)25/h4-10,15-19,29H,11-14H2,1-3H3,(H,30,31). The van der Waals surface area contributed by atoms with Gasteiger partial charge in [0.2, 0.25) is 5.91 Å². The Hall–Kier alpha value is -2.56. The van der Waals surface area contributed by atoms with Gasteiger partial charge in [0.25, 0.3) is 0 Å². The summed E-state index contributed by atoms with van der Waals surface area (Å²) in [6.07, 6.45) is 1.81. The lowest BCUT2D eigenvalue weighted by atomic mass is 9.65. The third-order valence-electron chi connectivity index (χ3n) is 7.05. The number of carbonyl (C=O) groups excluding carboxylic acids is 1. The Morgan fingerprint density at radius 2 is 1.81 bits per heavy atom. The van der Waals surface area contributed by atoms with Crippen LogP contribution in [0.3, 0.4) is 0 Å². The number of nitrogens with one attached hydrogen (secondary N) is 2. The first-order valence-electron chi connectivity index (χ1n) is 11.3. The van der Waals surface area contributed by atoms with Gasteiger partial charge in [-0.25, -0.2) is 0 Å². The SMILES string of the molecule is COc1cccc(C2(C(C)C(=O)NC(C)c3cc(Cl)cc4ccccc34)CCNCC2)c1. The van der Waals surface area contributed by atoms with Gasteiger partial charge in [0.15, 0.2) is 0 Å². The Kier molecular flexibility index (Phi) is 6.73. The summed E-state index contributed by atoms with van der Waals surface area (Å²) < 4.78 is 5.48. The van der Waals surface area contributed by atoms with Gasteiger partial charge in [0.1, 0.15) is 5.75 Å². The molecule has 2 unspecified atom stereocenters. The first kappa shape index (κ1) is 22.6. The first-order valence-corrected chi connectivity index (χ1v) is 11.7. The van der Waals surface area contributed by atoms with Crippen LogP contribution in [-0.2, 0) is 10.2 Å². The lowest BCUT2D eigenvalue weighted by Gasteiger charge is -2.42. The smallest absolute Gasteiger partial charge is 0.224 e. The first-order chi connectivity index (χ1) is 15.4. The van der Waals surface area contributed by atoms with Crippen molar-refractivity contribution in [3.05, 3.63) is 76.8 Å². The van der Waals surface area contributed by atoms with Crippen LogP contribution in [0.5, 0.6) is 5.75 Å². The molecule has 1 fully saturated rings. The van der Waals surface area contributed by atoms with E-state index in [9.17, 15) is 4.79 Å². The third kappa shape index (κ3) is 4.35. The number of rotatable bonds is 6. The number of hydrogen-bond acceptors (Lipinski definition) is 3. The molecule has 3 aromatic carbocycles. The summed E-state index contributed by atoms with van der Waals surface area (Å²) in [7, 11) is 1.68. The average molecular weight is 451 g/mol. The highest BCUT2D eigenvalue weighted by molar-refractivity contribution is 6.31. The minimum absolute atomic E-state index is 0.0614. The lowest BCUT2D eigenvalue weighted by molar-refractivity contribution is -0.127. The zero-order chi connectivity index (χ0) is 22.7. The lowest BCUT2D eigenvalue weighted by Crippen LogP contribution is -2.49. The van der Waals surface area contributed by atoms with Crippen molar-refractivity contribution in [3.63, 3.8) is 0 Å². The Morgan fingerprint density at radius 3 is 2.56 bits per heavy atom. The van der Waals surface area contributed by atoms with Gasteiger partial charge < -0.3 is 15.4 Å². The minimum Gasteiger partial charge on any atom is -0.497 e. The predicted molar refractivity (Wildman–Crippen MR) is 131 cm³/mol. The van der Waals surface area contributed by atoms with Gasteiger partial charge in [-0.05, 0) is 79.0 Å². The monoisotopic (exact) mass is 450 g/mol. The van der Waals surface area contributed by atoms with Crippen LogP contribution >= 0.6 is 11.6 Å². The van der Waals surface area contributed by atoms with Gasteiger partial charge >= 0.3 is 0 Å². The van der Waals surface area contributed by atoms with E-state index < -0.39 is 0 Å². The summed E-state index contributed by atoms with van der Waals surface area (Å²) >= 11 is 6.39. The Morgan fingerprint density at radius 1 is 1.06 bits per heavy atom. The number of amides is 1. The Bertz CT molecular complexity index is 1110. The Balaban J connectivity index is 1.63. The molecule has 32 heavy (non-hydrogen) atoms. The van der Waals surface area contributed by atoms with Gasteiger partial charge in [-0.15, -0.1) is 0 Å². The van der Waals surface area contributed by atoms with Crippen LogP contribution in [0.25, 0.3) is 10.8 Å². The maximum Gasteiger partial charge on any atom is 0.224 e. The van der Waals surface area contributed by atoms with Crippen molar-refractivity contribution in [2.24, 2.45) is 5.92 Å². The highest BCUT2D eigenvalue weighted by atomic mass is 35.5. The maximum absolute atomic E-state index is 13.6. The summed E-state index contributed by atoms with van der Waals surface area (Å²) in [5.74, 6) is 0.697. The fourth-order valence-corrected chi connectivity index (χ4v) is 5.34. The minimum atomic E-state index is -0.236. The number of fused-ring (bicyclic) bond motifs is 1. The van der Waals surface area contributed by atoms with Crippen LogP contribution in [0, 0.1) is 5.92 Å². The van der Waals surface area contributed by atoms with Gasteiger partial charge in [0, 0.05) is 16.4 Å². The molecular formula is C27H31ClN2O2. The van der Waals surface area contributed by atoms with Crippen LogP contribution in [0.15, 0.2) is 60.7 Å². The molecular weight excluding hydrogens is 420 g/mol. The largest absolute Gasteiger partial charge is 0.497 e. The summed E-state index contributed by atoms with van der Waals surface area (Å²) in [4.78, 5) is 13.6. The quantitative estimate of drug-likeness (QED) is 0.511. The molecule has 0 aliphatic carbocycles. The molecule has 168 valence electrons. The third-order valence-corrected chi connectivity index (χ3v) is 7.26. The number of benzene rings is 3. The molecule has 0 saturated carbocycles. The van der Waals surface area contributed by atoms with Crippen molar-refractivity contribution in [2.45, 2.75) is 38.1 Å². The maximum atomic E-state index is 13.6. The summed E-state index contributed by atoms with van der Waals surface area (Å²) in [5, 5.41) is 9.60. The molecule has 1 aliphatic heterocycles. The normalized spacial score (nSPS) is 17.5. The second-order valence-electron chi connectivity index (χ2n) is 8.81. The molecule has 1 amide bonds. The molecule has 4 nitrogen and oxygen atoms in total. The molecule has 3 aromatic rings. The highest BCUT2D eigenvalue weighted by Gasteiger charge is 2.43. The molecule has 2 atom stereocenters. The van der Waals surface area contributed by atoms with Crippen molar-refractivity contribution >= 4 is 28.3 Å². The van der Waals surface area contributed by atoms with E-state index in [4.69, 9.17) is 16.3 Å². The van der Waals surface area contributed by atoms with Crippen molar-refractivity contribution in [2.75, 3.05) is 20.2 Å². The van der Waals surface area contributed by atoms with Gasteiger partial charge in [0.05, 0.1) is 13.2 Å². The molecule has 1 saturated heterocycles.